The Kier molecular flexibility index (Phi) is 2.06. The summed E-state index contributed by atoms with van der Waals surface area (Å²) in [7, 11) is 0. The molecule has 1 aromatic rings. The van der Waals surface area contributed by atoms with Gasteiger partial charge in [0.25, 0.3) is 0 Å². The molecule has 0 aromatic heterocycles. The Morgan fingerprint density at radius 1 is 1.54 bits per heavy atom. The molecule has 3 nitrogen and oxygen atoms in total. The number of rotatable bonds is 1. The van der Waals surface area contributed by atoms with E-state index in [0.717, 1.165) is 11.4 Å². The molecule has 0 fully saturated rings. The molecule has 1 aromatic carbocycles. The van der Waals surface area contributed by atoms with Crippen LogP contribution in [0.1, 0.15) is 0 Å². The molecule has 1 aliphatic heterocycles. The molecule has 0 aliphatic carbocycles. The van der Waals surface area contributed by atoms with Gasteiger partial charge in [-0.25, -0.2) is 0 Å². The maximum absolute atomic E-state index is 5.56. The van der Waals surface area contributed by atoms with Crippen molar-refractivity contribution in [1.82, 2.24) is 0 Å². The maximum Gasteiger partial charge on any atom is 0.165 e. The second-order valence-electron chi connectivity index (χ2n) is 2.89. The van der Waals surface area contributed by atoms with E-state index in [1.807, 2.05) is 24.3 Å². The van der Waals surface area contributed by atoms with Crippen molar-refractivity contribution < 1.29 is 4.74 Å². The number of hydrogen-bond acceptors (Lipinski definition) is 3. The Labute approximate surface area is 81.9 Å². The van der Waals surface area contributed by atoms with Gasteiger partial charge in [0.1, 0.15) is 10.7 Å². The first kappa shape index (κ1) is 8.31. The number of anilines is 1. The molecule has 0 saturated heterocycles. The van der Waals surface area contributed by atoms with Crippen LogP contribution in [0.3, 0.4) is 0 Å². The van der Waals surface area contributed by atoms with Crippen molar-refractivity contribution in [3.8, 4) is 5.75 Å². The van der Waals surface area contributed by atoms with Gasteiger partial charge in [0.05, 0.1) is 12.2 Å². The lowest BCUT2D eigenvalue weighted by Gasteiger charge is -2.26. The monoisotopic (exact) mass is 194 g/mol. The summed E-state index contributed by atoms with van der Waals surface area (Å²) in [6.45, 7) is 0.645. The fraction of sp³-hybridized carbons (Fsp3) is 0.222. The summed E-state index contributed by atoms with van der Waals surface area (Å²) in [5.74, 6) is 0.812. The minimum absolute atomic E-state index is 0.190. The minimum Gasteiger partial charge on any atom is -0.479 e. The average Bonchev–Trinajstić information content (AvgIpc) is 2.17. The molecule has 0 bridgehead atoms. The second-order valence-corrected chi connectivity index (χ2v) is 3.36. The predicted molar refractivity (Wildman–Crippen MR) is 56.1 cm³/mol. The van der Waals surface area contributed by atoms with Crippen LogP contribution in [-0.4, -0.2) is 17.6 Å². The molecular formula is C9H10N2OS. The molecule has 1 atom stereocenters. The Morgan fingerprint density at radius 3 is 3.08 bits per heavy atom. The first-order chi connectivity index (χ1) is 6.27. The number of ether oxygens (including phenoxy) is 1. The zero-order valence-corrected chi connectivity index (χ0v) is 7.80. The molecule has 4 heteroatoms. The number of thiocarbonyl (C=S) groups is 1. The molecule has 13 heavy (non-hydrogen) atoms. The average molecular weight is 194 g/mol. The van der Waals surface area contributed by atoms with Crippen LogP contribution in [0, 0.1) is 0 Å². The van der Waals surface area contributed by atoms with E-state index >= 15 is 0 Å². The van der Waals surface area contributed by atoms with Gasteiger partial charge in [0.15, 0.2) is 6.10 Å². The Morgan fingerprint density at radius 2 is 2.31 bits per heavy atom. The third kappa shape index (κ3) is 1.58. The van der Waals surface area contributed by atoms with Crippen LogP contribution in [-0.2, 0) is 0 Å². The lowest BCUT2D eigenvalue weighted by molar-refractivity contribution is 0.271. The smallest absolute Gasteiger partial charge is 0.165 e. The van der Waals surface area contributed by atoms with Gasteiger partial charge in [-0.3, -0.25) is 0 Å². The van der Waals surface area contributed by atoms with Crippen molar-refractivity contribution in [2.24, 2.45) is 5.73 Å². The summed E-state index contributed by atoms with van der Waals surface area (Å²) in [4.78, 5) is 0.391. The second kappa shape index (κ2) is 3.22. The van der Waals surface area contributed by atoms with Crippen LogP contribution in [0.5, 0.6) is 5.75 Å². The van der Waals surface area contributed by atoms with Gasteiger partial charge in [-0.05, 0) is 12.1 Å². The normalized spacial score (nSPS) is 19.5. The van der Waals surface area contributed by atoms with Crippen molar-refractivity contribution in [1.29, 1.82) is 0 Å². The van der Waals surface area contributed by atoms with Gasteiger partial charge in [0.2, 0.25) is 0 Å². The molecule has 0 saturated carbocycles. The van der Waals surface area contributed by atoms with E-state index in [0.29, 0.717) is 11.5 Å². The molecule has 0 amide bonds. The van der Waals surface area contributed by atoms with Crippen LogP contribution in [0.15, 0.2) is 24.3 Å². The largest absolute Gasteiger partial charge is 0.479 e. The Balaban J connectivity index is 2.24. The first-order valence-corrected chi connectivity index (χ1v) is 4.47. The summed E-state index contributed by atoms with van der Waals surface area (Å²) >= 11 is 4.86. The molecule has 3 N–H and O–H groups in total. The van der Waals surface area contributed by atoms with E-state index in [1.165, 1.54) is 0 Å². The molecule has 68 valence electrons. The topological polar surface area (TPSA) is 47.3 Å². The summed E-state index contributed by atoms with van der Waals surface area (Å²) in [6.07, 6.45) is -0.190. The van der Waals surface area contributed by atoms with E-state index in [4.69, 9.17) is 22.7 Å². The molecular weight excluding hydrogens is 184 g/mol. The number of benzene rings is 1. The van der Waals surface area contributed by atoms with E-state index < -0.39 is 0 Å². The van der Waals surface area contributed by atoms with Crippen molar-refractivity contribution in [3.63, 3.8) is 0 Å². The van der Waals surface area contributed by atoms with Gasteiger partial charge >= 0.3 is 0 Å². The van der Waals surface area contributed by atoms with Crippen molar-refractivity contribution >= 4 is 22.9 Å². The molecule has 1 aliphatic rings. The van der Waals surface area contributed by atoms with E-state index in [2.05, 4.69) is 5.32 Å². The highest BCUT2D eigenvalue weighted by atomic mass is 32.1. The Bertz CT molecular complexity index is 340. The predicted octanol–water partition coefficient (Wildman–Crippen LogP) is 1.15. The van der Waals surface area contributed by atoms with Crippen LogP contribution in [0.25, 0.3) is 0 Å². The van der Waals surface area contributed by atoms with Crippen molar-refractivity contribution in [3.05, 3.63) is 24.3 Å². The van der Waals surface area contributed by atoms with Gasteiger partial charge in [-0.1, -0.05) is 24.4 Å². The quantitative estimate of drug-likeness (QED) is 0.658. The van der Waals surface area contributed by atoms with Gasteiger partial charge in [0, 0.05) is 0 Å². The third-order valence-corrected chi connectivity index (χ3v) is 2.21. The van der Waals surface area contributed by atoms with Crippen LogP contribution < -0.4 is 15.8 Å². The summed E-state index contributed by atoms with van der Waals surface area (Å²) in [6, 6.07) is 7.73. The number of fused-ring (bicyclic) bond motifs is 1. The lowest BCUT2D eigenvalue weighted by atomic mass is 10.2. The number of hydrogen-bond donors (Lipinski definition) is 2. The van der Waals surface area contributed by atoms with Crippen molar-refractivity contribution in [2.75, 3.05) is 11.9 Å². The SMILES string of the molecule is NC(=S)[C@H]1CNc2ccccc2O1. The highest BCUT2D eigenvalue weighted by Gasteiger charge is 2.20. The highest BCUT2D eigenvalue weighted by molar-refractivity contribution is 7.80. The maximum atomic E-state index is 5.56. The summed E-state index contributed by atoms with van der Waals surface area (Å²) in [5, 5.41) is 3.20. The van der Waals surface area contributed by atoms with Gasteiger partial charge in [-0.2, -0.15) is 0 Å². The molecule has 1 heterocycles. The van der Waals surface area contributed by atoms with Gasteiger partial charge < -0.3 is 15.8 Å². The molecule has 0 radical (unpaired) electrons. The van der Waals surface area contributed by atoms with Crippen LogP contribution in [0.4, 0.5) is 5.69 Å². The van der Waals surface area contributed by atoms with E-state index in [9.17, 15) is 0 Å². The third-order valence-electron chi connectivity index (χ3n) is 1.95. The summed E-state index contributed by atoms with van der Waals surface area (Å²) < 4.78 is 5.56. The van der Waals surface area contributed by atoms with Crippen LogP contribution >= 0.6 is 12.2 Å². The van der Waals surface area contributed by atoms with Crippen LogP contribution in [0.2, 0.25) is 0 Å². The number of para-hydroxylation sites is 2. The first-order valence-electron chi connectivity index (χ1n) is 4.06. The summed E-state index contributed by atoms with van der Waals surface area (Å²) in [5.41, 5.74) is 6.49. The molecule has 2 rings (SSSR count). The minimum atomic E-state index is -0.190. The molecule has 0 spiro atoms. The van der Waals surface area contributed by atoms with E-state index in [1.54, 1.807) is 0 Å². The zero-order valence-electron chi connectivity index (χ0n) is 6.99. The fourth-order valence-corrected chi connectivity index (χ4v) is 1.40. The molecule has 0 unspecified atom stereocenters. The lowest BCUT2D eigenvalue weighted by Crippen LogP contribution is -2.40. The number of nitrogens with two attached hydrogens (primary N) is 1. The number of nitrogens with one attached hydrogen (secondary N) is 1. The standard InChI is InChI=1S/C9H10N2OS/c10-9(13)8-5-11-6-3-1-2-4-7(6)12-8/h1-4,8,11H,5H2,(H2,10,13)/t8-/m1/s1. The van der Waals surface area contributed by atoms with Crippen molar-refractivity contribution in [2.45, 2.75) is 6.10 Å². The Hall–Kier alpha value is -1.29. The van der Waals surface area contributed by atoms with E-state index in [-0.39, 0.29) is 6.10 Å². The van der Waals surface area contributed by atoms with Gasteiger partial charge in [-0.15, -0.1) is 0 Å². The fourth-order valence-electron chi connectivity index (χ4n) is 1.27. The highest BCUT2D eigenvalue weighted by Crippen LogP contribution is 2.27. The zero-order chi connectivity index (χ0) is 9.26.